The van der Waals surface area contributed by atoms with Crippen molar-refractivity contribution in [3.8, 4) is 12.1 Å². The van der Waals surface area contributed by atoms with Gasteiger partial charge in [0.15, 0.2) is 11.5 Å². The van der Waals surface area contributed by atoms with E-state index in [2.05, 4.69) is 9.97 Å². The van der Waals surface area contributed by atoms with E-state index in [0.29, 0.717) is 21.8 Å². The zero-order valence-electron chi connectivity index (χ0n) is 16.2. The van der Waals surface area contributed by atoms with Gasteiger partial charge in [0.05, 0.1) is 34.4 Å². The van der Waals surface area contributed by atoms with Crippen LogP contribution in [0.2, 0.25) is 0 Å². The second-order valence-electron chi connectivity index (χ2n) is 7.19. The zero-order valence-corrected chi connectivity index (χ0v) is 16.2. The first-order valence-electron chi connectivity index (χ1n) is 9.45. The molecule has 1 aliphatic rings. The van der Waals surface area contributed by atoms with Crippen LogP contribution in [0, 0.1) is 22.7 Å². The van der Waals surface area contributed by atoms with Crippen LogP contribution in [0.4, 0.5) is 0 Å². The third kappa shape index (κ3) is 2.41. The number of allylic oxidation sites excluding steroid dienone is 2. The van der Waals surface area contributed by atoms with Crippen LogP contribution in [-0.2, 0) is 9.59 Å². The highest BCUT2D eigenvalue weighted by Gasteiger charge is 2.38. The Balaban J connectivity index is 1.75. The summed E-state index contributed by atoms with van der Waals surface area (Å²) in [7, 11) is 0. The molecule has 2 aromatic heterocycles. The Labute approximate surface area is 180 Å². The van der Waals surface area contributed by atoms with Gasteiger partial charge in [0.1, 0.15) is 0 Å². The van der Waals surface area contributed by atoms with Crippen molar-refractivity contribution in [2.45, 2.75) is 0 Å². The number of rotatable bonds is 2. The number of nitriles is 2. The van der Waals surface area contributed by atoms with E-state index >= 15 is 0 Å². The third-order valence-corrected chi connectivity index (χ3v) is 5.55. The van der Waals surface area contributed by atoms with E-state index in [4.69, 9.17) is 0 Å². The van der Waals surface area contributed by atoms with Crippen molar-refractivity contribution >= 4 is 44.5 Å². The van der Waals surface area contributed by atoms with Gasteiger partial charge < -0.3 is 20.2 Å². The summed E-state index contributed by atoms with van der Waals surface area (Å²) >= 11 is 0. The molecule has 32 heavy (non-hydrogen) atoms. The van der Waals surface area contributed by atoms with Crippen LogP contribution in [0.25, 0.3) is 33.0 Å². The molecule has 0 radical (unpaired) electrons. The van der Waals surface area contributed by atoms with Gasteiger partial charge >= 0.3 is 0 Å². The topological polar surface area (TPSA) is 154 Å². The Morgan fingerprint density at radius 1 is 0.688 bits per heavy atom. The number of hydrogen-bond donors (Lipinski definition) is 4. The Hall–Kier alpha value is -5.08. The molecule has 0 fully saturated rings. The maximum atomic E-state index is 13.2. The molecule has 0 unspecified atom stereocenters. The van der Waals surface area contributed by atoms with Crippen LogP contribution in [0.15, 0.2) is 60.3 Å². The lowest BCUT2D eigenvalue weighted by atomic mass is 9.85. The zero-order chi connectivity index (χ0) is 22.6. The molecule has 0 saturated carbocycles. The van der Waals surface area contributed by atoms with Gasteiger partial charge in [-0.05, 0) is 24.3 Å². The Morgan fingerprint density at radius 3 is 1.47 bits per heavy atom. The summed E-state index contributed by atoms with van der Waals surface area (Å²) in [4.78, 5) is 32.2. The monoisotopic (exact) mass is 420 g/mol. The van der Waals surface area contributed by atoms with Gasteiger partial charge in [-0.3, -0.25) is 9.59 Å². The second kappa shape index (κ2) is 6.73. The predicted molar refractivity (Wildman–Crippen MR) is 115 cm³/mol. The molecule has 0 amide bonds. The average Bonchev–Trinajstić information content (AvgIpc) is 3.43. The van der Waals surface area contributed by atoms with E-state index in [9.17, 15) is 30.3 Å². The molecule has 152 valence electrons. The number of hydrogen-bond acceptors (Lipinski definition) is 6. The smallest absolute Gasteiger partial charge is 0.232 e. The average molecular weight is 420 g/mol. The van der Waals surface area contributed by atoms with Crippen LogP contribution < -0.4 is 0 Å². The molecule has 4 aromatic rings. The first-order chi connectivity index (χ1) is 15.5. The quantitative estimate of drug-likeness (QED) is 0.362. The molecule has 0 spiro atoms. The highest BCUT2D eigenvalue weighted by molar-refractivity contribution is 6.48. The number of aromatic nitrogens is 2. The van der Waals surface area contributed by atoms with Crippen molar-refractivity contribution in [2.75, 3.05) is 0 Å². The molecule has 0 bridgehead atoms. The van der Waals surface area contributed by atoms with E-state index in [0.717, 1.165) is 0 Å². The van der Waals surface area contributed by atoms with Crippen LogP contribution >= 0.6 is 0 Å². The van der Waals surface area contributed by atoms with Crippen molar-refractivity contribution in [1.82, 2.24) is 9.97 Å². The van der Waals surface area contributed by atoms with Crippen LogP contribution in [0.5, 0.6) is 0 Å². The number of aliphatic hydroxyl groups is 2. The van der Waals surface area contributed by atoms with Gasteiger partial charge in [-0.1, -0.05) is 12.1 Å². The summed E-state index contributed by atoms with van der Waals surface area (Å²) in [6, 6.07) is 13.8. The SMILES string of the molecule is N#Cc1cccc2[nH]cc(C3=C(O)C(=O)C(c4c[nH]c5cccc(C#N)c45)=C(O)C3=O)c12. The molecule has 8 heteroatoms. The third-order valence-electron chi connectivity index (χ3n) is 5.55. The molecule has 8 nitrogen and oxygen atoms in total. The lowest BCUT2D eigenvalue weighted by Gasteiger charge is -2.18. The lowest BCUT2D eigenvalue weighted by Crippen LogP contribution is -2.22. The summed E-state index contributed by atoms with van der Waals surface area (Å²) in [6.45, 7) is 0. The van der Waals surface area contributed by atoms with Crippen LogP contribution in [0.1, 0.15) is 22.3 Å². The Morgan fingerprint density at radius 2 is 1.09 bits per heavy atom. The molecule has 0 aliphatic heterocycles. The molecule has 0 atom stereocenters. The maximum absolute atomic E-state index is 13.2. The summed E-state index contributed by atoms with van der Waals surface area (Å²) in [5.41, 5.74) is 1.02. The normalized spacial score (nSPS) is 14.3. The van der Waals surface area contributed by atoms with Gasteiger partial charge in [0, 0.05) is 45.3 Å². The number of nitrogens with one attached hydrogen (secondary N) is 2. The van der Waals surface area contributed by atoms with Gasteiger partial charge in [0.2, 0.25) is 11.6 Å². The lowest BCUT2D eigenvalue weighted by molar-refractivity contribution is -0.116. The van der Waals surface area contributed by atoms with Crippen LogP contribution in [0.3, 0.4) is 0 Å². The number of ketones is 2. The fourth-order valence-electron chi connectivity index (χ4n) is 4.13. The van der Waals surface area contributed by atoms with E-state index in [1.54, 1.807) is 36.4 Å². The Kier molecular flexibility index (Phi) is 3.98. The number of benzene rings is 2. The number of carbonyl (C=O) groups is 2. The molecule has 0 saturated heterocycles. The molecule has 4 N–H and O–H groups in total. The van der Waals surface area contributed by atoms with Crippen molar-refractivity contribution in [3.63, 3.8) is 0 Å². The van der Waals surface area contributed by atoms with Crippen LogP contribution in [-0.4, -0.2) is 31.7 Å². The second-order valence-corrected chi connectivity index (χ2v) is 7.19. The molecule has 2 heterocycles. The fourth-order valence-corrected chi connectivity index (χ4v) is 4.13. The molecule has 1 aliphatic carbocycles. The van der Waals surface area contributed by atoms with Crippen molar-refractivity contribution in [1.29, 1.82) is 10.5 Å². The highest BCUT2D eigenvalue weighted by Crippen LogP contribution is 2.39. The number of H-pyrrole nitrogens is 2. The number of aromatic amines is 2. The largest absolute Gasteiger partial charge is 0.504 e. The number of fused-ring (bicyclic) bond motifs is 2. The van der Waals surface area contributed by atoms with E-state index in [1.165, 1.54) is 12.4 Å². The van der Waals surface area contributed by atoms with Gasteiger partial charge in [-0.25, -0.2) is 0 Å². The fraction of sp³-hybridized carbons (Fsp3) is 0. The van der Waals surface area contributed by atoms with Gasteiger partial charge in [0.25, 0.3) is 0 Å². The standard InChI is InChI=1S/C24H12N4O4/c25-7-11-3-1-5-15-17(11)13(9-27-15)19-21(29)23(31)20(24(32)22(19)30)14-10-28-16-6-2-4-12(8-26)18(14)16/h1-6,9-10,27-29,32H. The first-order valence-corrected chi connectivity index (χ1v) is 9.45. The number of nitrogens with zero attached hydrogens (tertiary/aromatic N) is 2. The Bertz CT molecular complexity index is 1530. The minimum absolute atomic E-state index is 0.134. The van der Waals surface area contributed by atoms with Crippen molar-refractivity contribution in [2.24, 2.45) is 0 Å². The maximum Gasteiger partial charge on any atom is 0.232 e. The van der Waals surface area contributed by atoms with Crippen molar-refractivity contribution in [3.05, 3.63) is 82.6 Å². The summed E-state index contributed by atoms with van der Waals surface area (Å²) in [5.74, 6) is -3.62. The summed E-state index contributed by atoms with van der Waals surface area (Å²) in [5, 5.41) is 41.2. The number of aliphatic hydroxyl groups excluding tert-OH is 2. The summed E-state index contributed by atoms with van der Waals surface area (Å²) in [6.07, 6.45) is 2.81. The number of carbonyl (C=O) groups excluding carboxylic acids is 2. The highest BCUT2D eigenvalue weighted by atomic mass is 16.3. The minimum Gasteiger partial charge on any atom is -0.504 e. The predicted octanol–water partition coefficient (Wildman–Crippen LogP) is 3.78. The minimum atomic E-state index is -0.963. The van der Waals surface area contributed by atoms with Crippen molar-refractivity contribution < 1.29 is 19.8 Å². The van der Waals surface area contributed by atoms with E-state index in [-0.39, 0.29) is 22.3 Å². The molecule has 2 aromatic carbocycles. The van der Waals surface area contributed by atoms with Gasteiger partial charge in [-0.2, -0.15) is 10.5 Å². The summed E-state index contributed by atoms with van der Waals surface area (Å²) < 4.78 is 0. The first kappa shape index (κ1) is 18.9. The molecular formula is C24H12N4O4. The van der Waals surface area contributed by atoms with Gasteiger partial charge in [-0.15, -0.1) is 0 Å². The molecule has 5 rings (SSSR count). The molecular weight excluding hydrogens is 408 g/mol. The number of Topliss-reactive ketones (excluding diaryl/α,β-unsaturated/α-hetero) is 2. The van der Waals surface area contributed by atoms with E-state index in [1.807, 2.05) is 12.1 Å². The van der Waals surface area contributed by atoms with E-state index < -0.39 is 34.2 Å².